The Hall–Kier alpha value is -2.40. The van der Waals surface area contributed by atoms with E-state index in [0.29, 0.717) is 24.2 Å². The molecule has 0 N–H and O–H groups in total. The molecule has 5 heteroatoms. The maximum absolute atomic E-state index is 12.4. The van der Waals surface area contributed by atoms with Crippen LogP contribution in [0.3, 0.4) is 0 Å². The van der Waals surface area contributed by atoms with Crippen LogP contribution in [-0.2, 0) is 6.54 Å². The molecule has 1 saturated carbocycles. The quantitative estimate of drug-likeness (QED) is 0.710. The smallest absolute Gasteiger partial charge is 0.302 e. The lowest BCUT2D eigenvalue weighted by Gasteiger charge is -2.34. The van der Waals surface area contributed by atoms with E-state index in [4.69, 9.17) is 0 Å². The van der Waals surface area contributed by atoms with Gasteiger partial charge in [0, 0.05) is 18.8 Å². The molecule has 2 aromatic heterocycles. The van der Waals surface area contributed by atoms with Crippen LogP contribution < -0.4 is 5.69 Å². The van der Waals surface area contributed by atoms with Gasteiger partial charge in [0.05, 0.1) is 6.54 Å². The summed E-state index contributed by atoms with van der Waals surface area (Å²) in [5.41, 5.74) is 2.13. The second-order valence-corrected chi connectivity index (χ2v) is 7.33. The second kappa shape index (κ2) is 7.46. The second-order valence-electron chi connectivity index (χ2n) is 7.33. The third-order valence-electron chi connectivity index (χ3n) is 5.74. The number of benzene rings is 1. The summed E-state index contributed by atoms with van der Waals surface area (Å²) >= 11 is 0. The maximum Gasteiger partial charge on any atom is 0.350 e. The summed E-state index contributed by atoms with van der Waals surface area (Å²) < 4.78 is 3.19. The van der Waals surface area contributed by atoms with Gasteiger partial charge in [0.2, 0.25) is 0 Å². The summed E-state index contributed by atoms with van der Waals surface area (Å²) in [6.45, 7) is 1.49. The number of rotatable bonds is 5. The van der Waals surface area contributed by atoms with Crippen LogP contribution in [0.4, 0.5) is 0 Å². The molecular formula is C21H26N4O. The highest BCUT2D eigenvalue weighted by Gasteiger charge is 2.24. The third-order valence-corrected chi connectivity index (χ3v) is 5.74. The van der Waals surface area contributed by atoms with E-state index >= 15 is 0 Å². The molecule has 0 spiro atoms. The molecule has 0 amide bonds. The van der Waals surface area contributed by atoms with Crippen molar-refractivity contribution in [2.45, 2.75) is 44.2 Å². The zero-order valence-corrected chi connectivity index (χ0v) is 15.3. The zero-order valence-electron chi connectivity index (χ0n) is 15.3. The molecule has 2 heterocycles. The normalized spacial score (nSPS) is 20.7. The molecule has 0 radical (unpaired) electrons. The van der Waals surface area contributed by atoms with E-state index < -0.39 is 0 Å². The molecule has 0 aliphatic heterocycles. The topological polar surface area (TPSA) is 42.5 Å². The molecule has 0 atom stereocenters. The van der Waals surface area contributed by atoms with Gasteiger partial charge in [0.15, 0.2) is 5.65 Å². The van der Waals surface area contributed by atoms with Gasteiger partial charge in [-0.3, -0.25) is 4.40 Å². The van der Waals surface area contributed by atoms with E-state index in [9.17, 15) is 4.79 Å². The van der Waals surface area contributed by atoms with Gasteiger partial charge in [-0.1, -0.05) is 36.4 Å². The van der Waals surface area contributed by atoms with Crippen molar-refractivity contribution in [1.82, 2.24) is 19.1 Å². The minimum atomic E-state index is -0.0539. The molecule has 136 valence electrons. The highest BCUT2D eigenvalue weighted by molar-refractivity contribution is 5.35. The van der Waals surface area contributed by atoms with Gasteiger partial charge < -0.3 is 4.90 Å². The zero-order chi connectivity index (χ0) is 17.9. The molecule has 1 fully saturated rings. The number of likely N-dealkylation sites (N-methyl/N-ethyl adjacent to an activating group) is 1. The molecular weight excluding hydrogens is 324 g/mol. The third kappa shape index (κ3) is 3.44. The molecule has 1 aliphatic rings. The van der Waals surface area contributed by atoms with Crippen molar-refractivity contribution in [3.8, 4) is 0 Å². The molecule has 0 unspecified atom stereocenters. The first-order valence-electron chi connectivity index (χ1n) is 9.52. The molecule has 5 nitrogen and oxygen atoms in total. The van der Waals surface area contributed by atoms with Gasteiger partial charge >= 0.3 is 5.69 Å². The number of aromatic nitrogens is 3. The number of fused-ring (bicyclic) bond motifs is 1. The van der Waals surface area contributed by atoms with Crippen LogP contribution in [0.15, 0.2) is 59.5 Å². The average Bonchev–Trinajstić information content (AvgIpc) is 3.03. The Morgan fingerprint density at radius 2 is 1.77 bits per heavy atom. The molecule has 4 rings (SSSR count). The van der Waals surface area contributed by atoms with Gasteiger partial charge in [-0.2, -0.15) is 0 Å². The predicted molar refractivity (Wildman–Crippen MR) is 104 cm³/mol. The minimum Gasteiger partial charge on any atom is -0.302 e. The highest BCUT2D eigenvalue weighted by atomic mass is 16.2. The van der Waals surface area contributed by atoms with Crippen molar-refractivity contribution in [2.75, 3.05) is 13.6 Å². The van der Waals surface area contributed by atoms with E-state index in [0.717, 1.165) is 6.54 Å². The van der Waals surface area contributed by atoms with Crippen LogP contribution in [-0.4, -0.2) is 38.7 Å². The Labute approximate surface area is 153 Å². The lowest BCUT2D eigenvalue weighted by Crippen LogP contribution is -2.38. The van der Waals surface area contributed by atoms with Crippen LogP contribution in [0, 0.1) is 0 Å². The van der Waals surface area contributed by atoms with Crippen molar-refractivity contribution in [2.24, 2.45) is 0 Å². The Balaban J connectivity index is 1.33. The average molecular weight is 350 g/mol. The first-order chi connectivity index (χ1) is 12.7. The highest BCUT2D eigenvalue weighted by Crippen LogP contribution is 2.34. The molecule has 0 bridgehead atoms. The molecule has 3 aromatic rings. The first-order valence-corrected chi connectivity index (χ1v) is 9.52. The lowest BCUT2D eigenvalue weighted by molar-refractivity contribution is 0.174. The van der Waals surface area contributed by atoms with Crippen LogP contribution in [0.2, 0.25) is 0 Å². The standard InChI is InChI=1S/C21H26N4O/c1-23(15-16-25-21(26)24-14-6-5-9-20(24)22-25)19-12-10-18(11-13-19)17-7-3-2-4-8-17/h2-9,14,18-19H,10-13,15-16H2,1H3. The fourth-order valence-electron chi connectivity index (χ4n) is 4.12. The minimum absolute atomic E-state index is 0.0539. The number of nitrogens with zero attached hydrogens (tertiary/aromatic N) is 4. The van der Waals surface area contributed by atoms with Gasteiger partial charge in [-0.15, -0.1) is 5.10 Å². The number of hydrogen-bond acceptors (Lipinski definition) is 3. The largest absolute Gasteiger partial charge is 0.350 e. The van der Waals surface area contributed by atoms with Crippen molar-refractivity contribution < 1.29 is 0 Å². The van der Waals surface area contributed by atoms with Crippen molar-refractivity contribution >= 4 is 5.65 Å². The summed E-state index contributed by atoms with van der Waals surface area (Å²) in [5, 5.41) is 4.42. The van der Waals surface area contributed by atoms with E-state index in [1.807, 2.05) is 18.2 Å². The molecule has 1 aliphatic carbocycles. The Kier molecular flexibility index (Phi) is 4.89. The number of hydrogen-bond donors (Lipinski definition) is 0. The first kappa shape index (κ1) is 17.0. The Morgan fingerprint density at radius 3 is 2.50 bits per heavy atom. The Bertz CT molecular complexity index is 906. The summed E-state index contributed by atoms with van der Waals surface area (Å²) in [4.78, 5) is 14.8. The molecule has 0 saturated heterocycles. The molecule has 1 aromatic carbocycles. The van der Waals surface area contributed by atoms with Gasteiger partial charge in [0.1, 0.15) is 0 Å². The van der Waals surface area contributed by atoms with E-state index in [2.05, 4.69) is 47.4 Å². The van der Waals surface area contributed by atoms with E-state index in [-0.39, 0.29) is 5.69 Å². The number of pyridine rings is 1. The predicted octanol–water partition coefficient (Wildman–Crippen LogP) is 3.15. The molecule has 26 heavy (non-hydrogen) atoms. The van der Waals surface area contributed by atoms with Gasteiger partial charge in [-0.05, 0) is 56.3 Å². The lowest BCUT2D eigenvalue weighted by atomic mass is 9.81. The van der Waals surface area contributed by atoms with Gasteiger partial charge in [-0.25, -0.2) is 9.48 Å². The summed E-state index contributed by atoms with van der Waals surface area (Å²) in [7, 11) is 2.17. The fraction of sp³-hybridized carbons (Fsp3) is 0.429. The fourth-order valence-corrected chi connectivity index (χ4v) is 4.12. The summed E-state index contributed by atoms with van der Waals surface area (Å²) in [6, 6.07) is 17.1. The van der Waals surface area contributed by atoms with Crippen molar-refractivity contribution in [3.63, 3.8) is 0 Å². The van der Waals surface area contributed by atoms with E-state index in [1.165, 1.54) is 31.2 Å². The summed E-state index contributed by atoms with van der Waals surface area (Å²) in [6.07, 6.45) is 6.70. The van der Waals surface area contributed by atoms with Gasteiger partial charge in [0.25, 0.3) is 0 Å². The van der Waals surface area contributed by atoms with Crippen LogP contribution in [0.25, 0.3) is 5.65 Å². The summed E-state index contributed by atoms with van der Waals surface area (Å²) in [5.74, 6) is 0.696. The van der Waals surface area contributed by atoms with Crippen LogP contribution in [0.5, 0.6) is 0 Å². The van der Waals surface area contributed by atoms with Crippen LogP contribution in [0.1, 0.15) is 37.2 Å². The Morgan fingerprint density at radius 1 is 1.04 bits per heavy atom. The SMILES string of the molecule is CN(CCn1nc2ccccn2c1=O)C1CCC(c2ccccc2)CC1. The van der Waals surface area contributed by atoms with Crippen molar-refractivity contribution in [3.05, 3.63) is 70.8 Å². The van der Waals surface area contributed by atoms with Crippen molar-refractivity contribution in [1.29, 1.82) is 0 Å². The van der Waals surface area contributed by atoms with E-state index in [1.54, 1.807) is 15.3 Å². The maximum atomic E-state index is 12.4. The van der Waals surface area contributed by atoms with Crippen LogP contribution >= 0.6 is 0 Å². The monoisotopic (exact) mass is 350 g/mol.